The van der Waals surface area contributed by atoms with Crippen LogP contribution in [0, 0.1) is 0 Å². The first-order valence-electron chi connectivity index (χ1n) is 33.2. The van der Waals surface area contributed by atoms with Gasteiger partial charge in [-0.3, -0.25) is 4.90 Å². The van der Waals surface area contributed by atoms with E-state index >= 15 is 9.59 Å². The molecule has 8 aliphatic heterocycles. The van der Waals surface area contributed by atoms with Gasteiger partial charge < -0.3 is 54.4 Å². The van der Waals surface area contributed by atoms with E-state index in [4.69, 9.17) is 39.4 Å². The van der Waals surface area contributed by atoms with Gasteiger partial charge in [0.2, 0.25) is 23.8 Å². The summed E-state index contributed by atoms with van der Waals surface area (Å²) in [5.74, 6) is 3.63. The molecule has 474 valence electrons. The molecule has 2 aromatic heterocycles. The monoisotopic (exact) mass is 1220 g/mol. The Kier molecular flexibility index (Phi) is 16.8. The van der Waals surface area contributed by atoms with Gasteiger partial charge in [-0.15, -0.1) is 0 Å². The first-order valence-corrected chi connectivity index (χ1v) is 33.2. The third-order valence-corrected chi connectivity index (χ3v) is 20.1. The second-order valence-electron chi connectivity index (χ2n) is 26.7. The molecule has 4 amide bonds. The van der Waals surface area contributed by atoms with E-state index in [1.165, 1.54) is 10.0 Å². The molecule has 8 fully saturated rings. The standard InChI is InChI=1S/C68H88N18O4/c1-44(2)78-36-38-80(39-37-78)54-26-18-52(19-27-54)70-68(88)86(56-22-14-50(15-23-56)62-72-64(82-42-59-30-31-60(43-82)90-59)76-66(74-62)84-47(5)10-11-48(84)6)85(67(87)69-51-16-24-53(25-17-51)79-34-32-77(7)33-35-79)55-20-12-49(13-21-55)61-71-63(81-40-57-28-29-58(41-81)89-57)75-65(73-61)83-45(3)8-9-46(83)4/h12-27,44-48,57-60H,8-11,28-43H2,1-7H3,(H,69,87)(H,70,88). The van der Waals surface area contributed by atoms with Crippen LogP contribution in [0.5, 0.6) is 0 Å². The number of rotatable bonds is 13. The number of amides is 4. The number of piperazine rings is 2. The highest BCUT2D eigenvalue weighted by molar-refractivity contribution is 6.13. The highest BCUT2D eigenvalue weighted by Gasteiger charge is 2.40. The van der Waals surface area contributed by atoms with Crippen LogP contribution in [0.25, 0.3) is 22.8 Å². The number of hydrogen-bond acceptors (Lipinski definition) is 18. The predicted molar refractivity (Wildman–Crippen MR) is 357 cm³/mol. The zero-order chi connectivity index (χ0) is 61.7. The Bertz CT molecular complexity index is 3450. The smallest absolute Gasteiger partial charge is 0.345 e. The number of carbonyl (C=O) groups is 2. The number of nitrogens with one attached hydrogen (secondary N) is 2. The van der Waals surface area contributed by atoms with E-state index in [9.17, 15) is 0 Å². The van der Waals surface area contributed by atoms with E-state index in [0.29, 0.717) is 64.2 Å². The summed E-state index contributed by atoms with van der Waals surface area (Å²) in [6.07, 6.45) is 8.85. The van der Waals surface area contributed by atoms with Gasteiger partial charge in [0, 0.05) is 143 Å². The number of aromatic nitrogens is 6. The lowest BCUT2D eigenvalue weighted by atomic mass is 10.1. The molecule has 8 saturated heterocycles. The van der Waals surface area contributed by atoms with E-state index in [2.05, 4.69) is 111 Å². The summed E-state index contributed by atoms with van der Waals surface area (Å²) in [4.78, 5) is 81.3. The van der Waals surface area contributed by atoms with Crippen molar-refractivity contribution >= 4 is 70.0 Å². The molecule has 0 saturated carbocycles. The third kappa shape index (κ3) is 12.5. The molecule has 0 aliphatic carbocycles. The first-order chi connectivity index (χ1) is 43.7. The minimum Gasteiger partial charge on any atom is -0.371 e. The SMILES string of the molecule is CC(C)N1CCN(c2ccc(NC(=O)N(c3ccc(-c4nc(N5CC6CCC(C5)O6)nc(N5C(C)CCC5C)n4)cc3)N(C(=O)Nc3ccc(N4CCN(C)CC4)cc3)c3ccc(-c4nc(N5CC6CCC(C5)O6)nc(N5C(C)CCC5C)n4)cc3)cc2)CC1. The van der Waals surface area contributed by atoms with Crippen molar-refractivity contribution in [3.8, 4) is 22.8 Å². The molecule has 22 nitrogen and oxygen atoms in total. The molecule has 4 bridgehead atoms. The fourth-order valence-electron chi connectivity index (χ4n) is 14.8. The van der Waals surface area contributed by atoms with Crippen LogP contribution in [-0.2, 0) is 9.47 Å². The van der Waals surface area contributed by atoms with Crippen LogP contribution in [0.15, 0.2) is 97.1 Å². The van der Waals surface area contributed by atoms with Crippen molar-refractivity contribution in [1.29, 1.82) is 0 Å². The van der Waals surface area contributed by atoms with Gasteiger partial charge in [-0.2, -0.15) is 39.9 Å². The minimum absolute atomic E-state index is 0.141. The average Bonchev–Trinajstić information content (AvgIpc) is 1.41. The van der Waals surface area contributed by atoms with Crippen LogP contribution in [0.1, 0.15) is 92.9 Å². The highest BCUT2D eigenvalue weighted by atomic mass is 16.5. The molecular weight excluding hydrogens is 1130 g/mol. The van der Waals surface area contributed by atoms with Crippen LogP contribution in [0.4, 0.5) is 67.5 Å². The van der Waals surface area contributed by atoms with E-state index in [1.807, 2.05) is 84.9 Å². The van der Waals surface area contributed by atoms with E-state index in [-0.39, 0.29) is 48.6 Å². The average molecular weight is 1220 g/mol. The molecule has 8 unspecified atom stereocenters. The van der Waals surface area contributed by atoms with Crippen molar-refractivity contribution in [2.75, 3.05) is 136 Å². The Morgan fingerprint density at radius 3 is 1.13 bits per heavy atom. The van der Waals surface area contributed by atoms with E-state index in [0.717, 1.165) is 152 Å². The third-order valence-electron chi connectivity index (χ3n) is 20.1. The van der Waals surface area contributed by atoms with Crippen molar-refractivity contribution in [2.24, 2.45) is 0 Å². The maximum Gasteiger partial charge on any atom is 0.345 e. The van der Waals surface area contributed by atoms with Crippen LogP contribution in [0.2, 0.25) is 0 Å². The first kappa shape index (κ1) is 59.7. The number of urea groups is 2. The second kappa shape index (κ2) is 25.4. The van der Waals surface area contributed by atoms with E-state index in [1.54, 1.807) is 0 Å². The summed E-state index contributed by atoms with van der Waals surface area (Å²) >= 11 is 0. The Morgan fingerprint density at radius 1 is 0.433 bits per heavy atom. The lowest BCUT2D eigenvalue weighted by molar-refractivity contribution is 0.0297. The number of morpholine rings is 2. The summed E-state index contributed by atoms with van der Waals surface area (Å²) in [5, 5.41) is 9.24. The van der Waals surface area contributed by atoms with Crippen LogP contribution in [0.3, 0.4) is 0 Å². The van der Waals surface area contributed by atoms with Crippen LogP contribution >= 0.6 is 0 Å². The Hall–Kier alpha value is -7.92. The zero-order valence-electron chi connectivity index (χ0n) is 53.4. The largest absolute Gasteiger partial charge is 0.371 e. The van der Waals surface area contributed by atoms with Gasteiger partial charge in [0.25, 0.3) is 0 Å². The van der Waals surface area contributed by atoms with Gasteiger partial charge >= 0.3 is 12.1 Å². The number of likely N-dealkylation sites (N-methyl/N-ethyl adjacent to an activating group) is 1. The summed E-state index contributed by atoms with van der Waals surface area (Å²) in [7, 11) is 2.15. The number of benzene rings is 4. The lowest BCUT2D eigenvalue weighted by Gasteiger charge is -2.38. The van der Waals surface area contributed by atoms with Gasteiger partial charge in [-0.1, -0.05) is 0 Å². The van der Waals surface area contributed by atoms with Crippen molar-refractivity contribution in [2.45, 2.75) is 148 Å². The minimum atomic E-state index is -0.561. The number of fused-ring (bicyclic) bond motifs is 4. The normalized spacial score (nSPS) is 25.4. The second-order valence-corrected chi connectivity index (χ2v) is 26.7. The fourth-order valence-corrected chi connectivity index (χ4v) is 14.8. The van der Waals surface area contributed by atoms with Crippen molar-refractivity contribution in [3.05, 3.63) is 97.1 Å². The molecular formula is C68H88N18O4. The fraction of sp³-hybridized carbons (Fsp3) is 0.529. The van der Waals surface area contributed by atoms with Crippen molar-refractivity contribution < 1.29 is 19.1 Å². The molecule has 10 heterocycles. The van der Waals surface area contributed by atoms with E-state index < -0.39 is 12.1 Å². The number of nitrogens with zero attached hydrogens (tertiary/aromatic N) is 16. The summed E-state index contributed by atoms with van der Waals surface area (Å²) in [6.45, 7) is 23.9. The van der Waals surface area contributed by atoms with Gasteiger partial charge in [0.15, 0.2) is 11.6 Å². The Labute approximate surface area is 529 Å². The predicted octanol–water partition coefficient (Wildman–Crippen LogP) is 9.85. The lowest BCUT2D eigenvalue weighted by Crippen LogP contribution is -2.54. The maximum atomic E-state index is 15.7. The van der Waals surface area contributed by atoms with Crippen LogP contribution in [-0.4, -0.2) is 192 Å². The Balaban J connectivity index is 0.843. The summed E-state index contributed by atoms with van der Waals surface area (Å²) in [5.41, 5.74) is 5.63. The molecule has 90 heavy (non-hydrogen) atoms. The van der Waals surface area contributed by atoms with Gasteiger partial charge in [0.05, 0.1) is 35.8 Å². The van der Waals surface area contributed by atoms with Gasteiger partial charge in [-0.25, -0.2) is 9.59 Å². The molecule has 4 aromatic carbocycles. The quantitative estimate of drug-likeness (QED) is 0.104. The van der Waals surface area contributed by atoms with Gasteiger partial charge in [-0.05, 0) is 197 Å². The topological polar surface area (TPSA) is 186 Å². The maximum absolute atomic E-state index is 15.7. The molecule has 0 radical (unpaired) electrons. The van der Waals surface area contributed by atoms with Gasteiger partial charge in [0.1, 0.15) is 0 Å². The molecule has 22 heteroatoms. The molecule has 6 aromatic rings. The van der Waals surface area contributed by atoms with Crippen molar-refractivity contribution in [3.63, 3.8) is 0 Å². The molecule has 8 atom stereocenters. The molecule has 14 rings (SSSR count). The van der Waals surface area contributed by atoms with Crippen molar-refractivity contribution in [1.82, 2.24) is 39.7 Å². The molecule has 2 N–H and O–H groups in total. The number of hydrazine groups is 1. The summed E-state index contributed by atoms with van der Waals surface area (Å²) in [6, 6.07) is 31.5. The number of hydrogen-bond donors (Lipinski definition) is 2. The Morgan fingerprint density at radius 2 is 0.778 bits per heavy atom. The number of ether oxygens (including phenoxy) is 2. The number of carbonyl (C=O) groups excluding carboxylic acids is 2. The summed E-state index contributed by atoms with van der Waals surface area (Å²) < 4.78 is 12.5. The van der Waals surface area contributed by atoms with Crippen LogP contribution < -0.4 is 50.1 Å². The highest BCUT2D eigenvalue weighted by Crippen LogP contribution is 2.38. The molecule has 8 aliphatic rings. The number of anilines is 10. The zero-order valence-corrected chi connectivity index (χ0v) is 53.4. The molecule has 0 spiro atoms.